The van der Waals surface area contributed by atoms with Crippen LogP contribution in [-0.4, -0.2) is 132 Å². The van der Waals surface area contributed by atoms with Gasteiger partial charge < -0.3 is 47.4 Å². The van der Waals surface area contributed by atoms with E-state index in [1.807, 2.05) is 6.92 Å². The van der Waals surface area contributed by atoms with Gasteiger partial charge in [0.05, 0.1) is 125 Å². The fourth-order valence-electron chi connectivity index (χ4n) is 3.18. The number of hydrogen-bond acceptors (Lipinski definition) is 11. The Bertz CT molecular complexity index is 522. The highest BCUT2D eigenvalue weighted by atomic mass is 16.6. The van der Waals surface area contributed by atoms with Crippen LogP contribution in [0.4, 0.5) is 0 Å². The molecule has 1 atom stereocenters. The first-order chi connectivity index (χ1) is 19.8. The largest absolute Gasteiger partial charge is 0.463 e. The highest BCUT2D eigenvalue weighted by Crippen LogP contribution is 2.14. The predicted molar refractivity (Wildman–Crippen MR) is 152 cm³/mol. The van der Waals surface area contributed by atoms with Gasteiger partial charge in [-0.1, -0.05) is 32.8 Å². The molecule has 0 radical (unpaired) electrons. The molecule has 0 aromatic rings. The number of carbonyl (C=O) groups is 1. The molecular weight excluding hydrogens is 524 g/mol. The summed E-state index contributed by atoms with van der Waals surface area (Å²) in [7, 11) is 0. The second-order valence-corrected chi connectivity index (χ2v) is 8.68. The fraction of sp³-hybridized carbons (Fsp3) is 0.897. The van der Waals surface area contributed by atoms with Crippen LogP contribution in [0, 0.1) is 5.92 Å². The summed E-state index contributed by atoms with van der Waals surface area (Å²) < 4.78 is 54.0. The first kappa shape index (κ1) is 38.9. The van der Waals surface area contributed by atoms with Gasteiger partial charge in [0.25, 0.3) is 0 Å². The van der Waals surface area contributed by atoms with Gasteiger partial charge >= 0.3 is 5.97 Å². The van der Waals surface area contributed by atoms with E-state index >= 15 is 0 Å². The predicted octanol–water partition coefficient (Wildman–Crippen LogP) is 3.08. The molecular formula is C29H56O11. The molecule has 0 aromatic heterocycles. The van der Waals surface area contributed by atoms with Crippen molar-refractivity contribution >= 4 is 5.97 Å². The number of rotatable bonds is 34. The van der Waals surface area contributed by atoms with Crippen molar-refractivity contribution in [3.05, 3.63) is 12.7 Å². The Morgan fingerprint density at radius 1 is 0.550 bits per heavy atom. The number of carbonyl (C=O) groups excluding carboxylic acids is 1. The molecule has 1 unspecified atom stereocenters. The van der Waals surface area contributed by atoms with Crippen LogP contribution in [0.1, 0.15) is 39.5 Å². The average molecular weight is 581 g/mol. The van der Waals surface area contributed by atoms with Gasteiger partial charge in [0.15, 0.2) is 0 Å². The number of unbranched alkanes of at least 4 members (excludes halogenated alkanes) is 1. The molecule has 0 spiro atoms. The van der Waals surface area contributed by atoms with E-state index in [1.54, 1.807) is 6.08 Å². The Hall–Kier alpha value is -1.15. The SMILES string of the molecule is C=CCOCCOCCOCCOCCOCCOCCOCCOCCOCCOC(=O)C(CC)CCCC. The molecule has 11 nitrogen and oxygen atoms in total. The third kappa shape index (κ3) is 29.8. The Balaban J connectivity index is 3.16. The Morgan fingerprint density at radius 3 is 1.18 bits per heavy atom. The smallest absolute Gasteiger partial charge is 0.308 e. The van der Waals surface area contributed by atoms with Crippen LogP contribution in [-0.2, 0) is 52.2 Å². The van der Waals surface area contributed by atoms with Crippen LogP contribution in [0.5, 0.6) is 0 Å². The van der Waals surface area contributed by atoms with Crippen LogP contribution in [0.25, 0.3) is 0 Å². The number of esters is 1. The molecule has 0 saturated carbocycles. The Morgan fingerprint density at radius 2 is 0.875 bits per heavy atom. The fourth-order valence-corrected chi connectivity index (χ4v) is 3.18. The molecule has 40 heavy (non-hydrogen) atoms. The summed E-state index contributed by atoms with van der Waals surface area (Å²) in [6.45, 7) is 17.1. The van der Waals surface area contributed by atoms with E-state index in [-0.39, 0.29) is 18.5 Å². The molecule has 0 rings (SSSR count). The summed E-state index contributed by atoms with van der Waals surface area (Å²) >= 11 is 0. The topological polar surface area (TPSA) is 109 Å². The quantitative estimate of drug-likeness (QED) is 0.0636. The molecule has 0 N–H and O–H groups in total. The first-order valence-corrected chi connectivity index (χ1v) is 14.7. The summed E-state index contributed by atoms with van der Waals surface area (Å²) in [4.78, 5) is 12.0. The van der Waals surface area contributed by atoms with Crippen molar-refractivity contribution in [1.82, 2.24) is 0 Å². The third-order valence-corrected chi connectivity index (χ3v) is 5.42. The van der Waals surface area contributed by atoms with Gasteiger partial charge in [0, 0.05) is 0 Å². The molecule has 0 aromatic carbocycles. The molecule has 11 heteroatoms. The van der Waals surface area contributed by atoms with Gasteiger partial charge in [-0.2, -0.15) is 0 Å². The zero-order valence-corrected chi connectivity index (χ0v) is 25.1. The first-order valence-electron chi connectivity index (χ1n) is 14.7. The Labute approximate surface area is 242 Å². The van der Waals surface area contributed by atoms with Gasteiger partial charge in [0.1, 0.15) is 6.61 Å². The van der Waals surface area contributed by atoms with Crippen LogP contribution in [0.15, 0.2) is 12.7 Å². The summed E-state index contributed by atoms with van der Waals surface area (Å²) in [6, 6.07) is 0. The van der Waals surface area contributed by atoms with Crippen LogP contribution < -0.4 is 0 Å². The van der Waals surface area contributed by atoms with Gasteiger partial charge in [-0.3, -0.25) is 4.79 Å². The third-order valence-electron chi connectivity index (χ3n) is 5.42. The van der Waals surface area contributed by atoms with E-state index < -0.39 is 0 Å². The highest BCUT2D eigenvalue weighted by Gasteiger charge is 2.16. The van der Waals surface area contributed by atoms with Gasteiger partial charge in [-0.25, -0.2) is 0 Å². The normalized spacial score (nSPS) is 12.1. The maximum Gasteiger partial charge on any atom is 0.308 e. The maximum atomic E-state index is 12.0. The minimum atomic E-state index is -0.118. The second kappa shape index (κ2) is 34.1. The van der Waals surface area contributed by atoms with E-state index in [0.717, 1.165) is 25.7 Å². The number of ether oxygens (including phenoxy) is 10. The number of hydrogen-bond donors (Lipinski definition) is 0. The summed E-state index contributed by atoms with van der Waals surface area (Å²) in [5.74, 6) is -0.118. The van der Waals surface area contributed by atoms with Gasteiger partial charge in [0.2, 0.25) is 0 Å². The lowest BCUT2D eigenvalue weighted by molar-refractivity contribution is -0.150. The van der Waals surface area contributed by atoms with Crippen molar-refractivity contribution in [2.24, 2.45) is 5.92 Å². The Kier molecular flexibility index (Phi) is 33.1. The lowest BCUT2D eigenvalue weighted by atomic mass is 10.00. The zero-order chi connectivity index (χ0) is 29.2. The molecule has 0 aliphatic carbocycles. The summed E-state index contributed by atoms with van der Waals surface area (Å²) in [5, 5.41) is 0. The standard InChI is InChI=1S/C29H56O11/c1-4-7-8-28(6-3)29(30)40-27-26-39-25-24-38-23-22-37-21-20-36-19-18-35-17-16-34-15-14-33-13-12-32-11-10-31-9-5-2/h5,28H,2,4,6-27H2,1,3H3. The highest BCUT2D eigenvalue weighted by molar-refractivity contribution is 5.72. The van der Waals surface area contributed by atoms with Gasteiger partial charge in [-0.15, -0.1) is 6.58 Å². The molecule has 0 saturated heterocycles. The maximum absolute atomic E-state index is 12.0. The van der Waals surface area contributed by atoms with E-state index in [1.165, 1.54) is 0 Å². The lowest BCUT2D eigenvalue weighted by Crippen LogP contribution is -2.20. The second-order valence-electron chi connectivity index (χ2n) is 8.68. The van der Waals surface area contributed by atoms with Gasteiger partial charge in [-0.05, 0) is 12.8 Å². The van der Waals surface area contributed by atoms with E-state index in [0.29, 0.717) is 119 Å². The average Bonchev–Trinajstić information content (AvgIpc) is 2.96. The van der Waals surface area contributed by atoms with Crippen LogP contribution in [0.2, 0.25) is 0 Å². The molecule has 238 valence electrons. The zero-order valence-electron chi connectivity index (χ0n) is 25.1. The van der Waals surface area contributed by atoms with E-state index in [9.17, 15) is 4.79 Å². The van der Waals surface area contributed by atoms with Crippen molar-refractivity contribution in [3.8, 4) is 0 Å². The summed E-state index contributed by atoms with van der Waals surface area (Å²) in [5.41, 5.74) is 0. The van der Waals surface area contributed by atoms with Crippen molar-refractivity contribution in [2.75, 3.05) is 126 Å². The molecule has 0 bridgehead atoms. The van der Waals surface area contributed by atoms with Crippen molar-refractivity contribution < 1.29 is 52.2 Å². The van der Waals surface area contributed by atoms with Crippen LogP contribution >= 0.6 is 0 Å². The monoisotopic (exact) mass is 580 g/mol. The molecule has 0 amide bonds. The molecule has 0 fully saturated rings. The molecule has 0 heterocycles. The van der Waals surface area contributed by atoms with Crippen molar-refractivity contribution in [1.29, 1.82) is 0 Å². The van der Waals surface area contributed by atoms with Crippen molar-refractivity contribution in [3.63, 3.8) is 0 Å². The minimum Gasteiger partial charge on any atom is -0.463 e. The van der Waals surface area contributed by atoms with Crippen LogP contribution in [0.3, 0.4) is 0 Å². The van der Waals surface area contributed by atoms with E-state index in [2.05, 4.69) is 13.5 Å². The molecule has 0 aliphatic rings. The minimum absolute atomic E-state index is 0.000255. The summed E-state index contributed by atoms with van der Waals surface area (Å²) in [6.07, 6.45) is 5.55. The lowest BCUT2D eigenvalue weighted by Gasteiger charge is -2.13. The molecule has 0 aliphatic heterocycles. The van der Waals surface area contributed by atoms with Crippen molar-refractivity contribution in [2.45, 2.75) is 39.5 Å². The van der Waals surface area contributed by atoms with E-state index in [4.69, 9.17) is 47.4 Å².